The fourth-order valence-electron chi connectivity index (χ4n) is 7.63. The van der Waals surface area contributed by atoms with E-state index >= 15 is 0 Å². The van der Waals surface area contributed by atoms with Crippen LogP contribution in [0.2, 0.25) is 0 Å². The van der Waals surface area contributed by atoms with E-state index in [1.807, 2.05) is 55.1 Å². The van der Waals surface area contributed by atoms with Gasteiger partial charge in [-0.1, -0.05) is 140 Å². The molecule has 0 aliphatic carbocycles. The van der Waals surface area contributed by atoms with Crippen molar-refractivity contribution in [2.75, 3.05) is 0 Å². The smallest absolute Gasteiger partial charge is 0.164 e. The van der Waals surface area contributed by atoms with Crippen molar-refractivity contribution in [3.8, 4) is 101 Å². The van der Waals surface area contributed by atoms with E-state index in [9.17, 15) is 0 Å². The molecule has 0 amide bonds. The Labute approximate surface area is 349 Å². The Morgan fingerprint density at radius 1 is 0.183 bits per heavy atom. The normalized spacial score (nSPS) is 11.0. The summed E-state index contributed by atoms with van der Waals surface area (Å²) in [5, 5.41) is 0. The van der Waals surface area contributed by atoms with Gasteiger partial charge in [-0.2, -0.15) is 0 Å². The Bertz CT molecular complexity index is 2750. The van der Waals surface area contributed by atoms with Crippen LogP contribution in [0.1, 0.15) is 0 Å². The van der Waals surface area contributed by atoms with E-state index in [2.05, 4.69) is 180 Å². The molecule has 10 aromatic rings. The highest BCUT2D eigenvalue weighted by Crippen LogP contribution is 2.34. The summed E-state index contributed by atoms with van der Waals surface area (Å²) in [5.74, 6) is 1.80. The van der Waals surface area contributed by atoms with Crippen LogP contribution in [-0.2, 0) is 0 Å². The minimum atomic E-state index is 0.601. The number of hydrogen-bond donors (Lipinski definition) is 0. The van der Waals surface area contributed by atoms with Crippen molar-refractivity contribution in [1.82, 2.24) is 24.9 Å². The van der Waals surface area contributed by atoms with Gasteiger partial charge in [-0.3, -0.25) is 9.97 Å². The first-order valence-corrected chi connectivity index (χ1v) is 20.0. The molecule has 7 aromatic carbocycles. The van der Waals surface area contributed by atoms with Crippen LogP contribution < -0.4 is 0 Å². The van der Waals surface area contributed by atoms with Crippen molar-refractivity contribution in [3.05, 3.63) is 225 Å². The molecule has 10 rings (SSSR count). The molecule has 5 nitrogen and oxygen atoms in total. The minimum Gasteiger partial charge on any atom is -0.265 e. The Balaban J connectivity index is 1.07. The van der Waals surface area contributed by atoms with Gasteiger partial charge in [-0.15, -0.1) is 0 Å². The molecule has 0 bridgehead atoms. The van der Waals surface area contributed by atoms with Gasteiger partial charge in [-0.25, -0.2) is 15.0 Å². The molecule has 0 saturated heterocycles. The number of aromatic nitrogens is 5. The number of benzene rings is 7. The molecular formula is C55H37N5. The average molecular weight is 768 g/mol. The van der Waals surface area contributed by atoms with E-state index in [1.165, 1.54) is 11.1 Å². The number of rotatable bonds is 9. The van der Waals surface area contributed by atoms with Crippen molar-refractivity contribution in [3.63, 3.8) is 0 Å². The predicted octanol–water partition coefficient (Wildman–Crippen LogP) is 13.7. The van der Waals surface area contributed by atoms with Crippen LogP contribution >= 0.6 is 0 Å². The lowest BCUT2D eigenvalue weighted by Gasteiger charge is -2.12. The summed E-state index contributed by atoms with van der Waals surface area (Å²) in [4.78, 5) is 24.0. The maximum absolute atomic E-state index is 5.19. The molecule has 0 aliphatic rings. The molecular weight excluding hydrogens is 731 g/mol. The van der Waals surface area contributed by atoms with Crippen molar-refractivity contribution < 1.29 is 0 Å². The molecule has 0 radical (unpaired) electrons. The second kappa shape index (κ2) is 16.4. The molecule has 282 valence electrons. The summed E-state index contributed by atoms with van der Waals surface area (Å²) in [5.41, 5.74) is 16.1. The Hall–Kier alpha value is -8.15. The van der Waals surface area contributed by atoms with Crippen LogP contribution in [-0.4, -0.2) is 24.9 Å². The first kappa shape index (κ1) is 36.2. The second-order valence-electron chi connectivity index (χ2n) is 14.6. The first-order valence-electron chi connectivity index (χ1n) is 20.0. The van der Waals surface area contributed by atoms with Gasteiger partial charge < -0.3 is 0 Å². The van der Waals surface area contributed by atoms with Gasteiger partial charge >= 0.3 is 0 Å². The zero-order valence-corrected chi connectivity index (χ0v) is 32.6. The zero-order chi connectivity index (χ0) is 40.1. The van der Waals surface area contributed by atoms with Gasteiger partial charge in [0.15, 0.2) is 17.5 Å². The highest BCUT2D eigenvalue weighted by molar-refractivity contribution is 5.80. The van der Waals surface area contributed by atoms with Gasteiger partial charge in [0.1, 0.15) is 0 Å². The van der Waals surface area contributed by atoms with Crippen LogP contribution in [0.3, 0.4) is 0 Å². The van der Waals surface area contributed by atoms with Gasteiger partial charge in [0.25, 0.3) is 0 Å². The first-order chi connectivity index (χ1) is 29.7. The minimum absolute atomic E-state index is 0.601. The zero-order valence-electron chi connectivity index (χ0n) is 32.6. The number of hydrogen-bond acceptors (Lipinski definition) is 5. The molecule has 0 unspecified atom stereocenters. The molecule has 3 aromatic heterocycles. The second-order valence-corrected chi connectivity index (χ2v) is 14.6. The highest BCUT2D eigenvalue weighted by atomic mass is 15.0. The third-order valence-electron chi connectivity index (χ3n) is 10.7. The van der Waals surface area contributed by atoms with E-state index < -0.39 is 0 Å². The molecule has 0 fully saturated rings. The quantitative estimate of drug-likeness (QED) is 0.146. The maximum Gasteiger partial charge on any atom is 0.164 e. The number of nitrogens with zero attached hydrogens (tertiary/aromatic N) is 5. The van der Waals surface area contributed by atoms with Crippen molar-refractivity contribution in [2.24, 2.45) is 0 Å². The summed E-state index contributed by atoms with van der Waals surface area (Å²) in [7, 11) is 0. The highest BCUT2D eigenvalue weighted by Gasteiger charge is 2.15. The standard InChI is InChI=1S/C55H37N5/c1-2-10-38(11-3-1)41-12-4-15-44(32-41)47-18-7-21-50(35-47)53-58-54(51-22-8-19-48(36-51)45-16-5-13-42(33-45)39-24-28-56-29-25-39)60-55(59-53)52-23-9-20-49(37-52)46-17-6-14-43(34-46)40-26-30-57-31-27-40/h1-37H. The SMILES string of the molecule is c1ccc(-c2cccc(-c3cccc(-c4nc(-c5cccc(-c6cccc(-c7ccncc7)c6)c5)nc(-c5cccc(-c6cccc(-c7ccncc7)c6)c5)n4)c3)c2)cc1. The topological polar surface area (TPSA) is 64.5 Å². The van der Waals surface area contributed by atoms with Gasteiger partial charge in [0.05, 0.1) is 0 Å². The van der Waals surface area contributed by atoms with Crippen molar-refractivity contribution in [1.29, 1.82) is 0 Å². The summed E-state index contributed by atoms with van der Waals surface area (Å²) in [6.07, 6.45) is 7.30. The third-order valence-corrected chi connectivity index (χ3v) is 10.7. The van der Waals surface area contributed by atoms with Gasteiger partial charge in [-0.05, 0) is 127 Å². The maximum atomic E-state index is 5.19. The van der Waals surface area contributed by atoms with Crippen molar-refractivity contribution in [2.45, 2.75) is 0 Å². The van der Waals surface area contributed by atoms with Gasteiger partial charge in [0, 0.05) is 41.5 Å². The average Bonchev–Trinajstić information content (AvgIpc) is 3.35. The fourth-order valence-corrected chi connectivity index (χ4v) is 7.63. The van der Waals surface area contributed by atoms with Crippen LogP contribution in [0.25, 0.3) is 101 Å². The van der Waals surface area contributed by atoms with Gasteiger partial charge in [0.2, 0.25) is 0 Å². The van der Waals surface area contributed by atoms with E-state index in [0.29, 0.717) is 17.5 Å². The molecule has 0 atom stereocenters. The Kier molecular flexibility index (Phi) is 9.88. The van der Waals surface area contributed by atoms with Crippen LogP contribution in [0.15, 0.2) is 225 Å². The molecule has 0 aliphatic heterocycles. The molecule has 0 spiro atoms. The molecule has 5 heteroatoms. The Morgan fingerprint density at radius 3 is 0.700 bits per heavy atom. The molecule has 0 saturated carbocycles. The predicted molar refractivity (Wildman–Crippen MR) is 244 cm³/mol. The van der Waals surface area contributed by atoms with E-state index in [1.54, 1.807) is 0 Å². The fraction of sp³-hybridized carbons (Fsp3) is 0. The molecule has 60 heavy (non-hydrogen) atoms. The molecule has 3 heterocycles. The largest absolute Gasteiger partial charge is 0.265 e. The Morgan fingerprint density at radius 2 is 0.400 bits per heavy atom. The van der Waals surface area contributed by atoms with Crippen LogP contribution in [0.4, 0.5) is 0 Å². The number of pyridine rings is 2. The van der Waals surface area contributed by atoms with Crippen molar-refractivity contribution >= 4 is 0 Å². The summed E-state index contributed by atoms with van der Waals surface area (Å²) < 4.78 is 0. The lowest BCUT2D eigenvalue weighted by molar-refractivity contribution is 1.07. The lowest BCUT2D eigenvalue weighted by atomic mass is 9.97. The van der Waals surface area contributed by atoms with E-state index in [-0.39, 0.29) is 0 Å². The van der Waals surface area contributed by atoms with Crippen LogP contribution in [0, 0.1) is 0 Å². The monoisotopic (exact) mass is 767 g/mol. The lowest BCUT2D eigenvalue weighted by Crippen LogP contribution is -2.00. The summed E-state index contributed by atoms with van der Waals surface area (Å²) in [6, 6.07) is 69.8. The molecule has 0 N–H and O–H groups in total. The third kappa shape index (κ3) is 7.76. The van der Waals surface area contributed by atoms with E-state index in [4.69, 9.17) is 15.0 Å². The summed E-state index contributed by atoms with van der Waals surface area (Å²) >= 11 is 0. The van der Waals surface area contributed by atoms with E-state index in [0.717, 1.165) is 72.3 Å². The van der Waals surface area contributed by atoms with Crippen LogP contribution in [0.5, 0.6) is 0 Å². The summed E-state index contributed by atoms with van der Waals surface area (Å²) in [6.45, 7) is 0.